The van der Waals surface area contributed by atoms with E-state index in [9.17, 15) is 0 Å². The summed E-state index contributed by atoms with van der Waals surface area (Å²) >= 11 is 0. The molecular weight excluding hydrogens is 226 g/mol. The third kappa shape index (κ3) is 3.39. The number of aromatic nitrogens is 3. The molecule has 2 aromatic rings. The lowest BCUT2D eigenvalue weighted by molar-refractivity contribution is 0.438. The fraction of sp³-hybridized carbons (Fsp3) is 0.500. The van der Waals surface area contributed by atoms with Crippen molar-refractivity contribution in [1.82, 2.24) is 15.2 Å². The minimum Gasteiger partial charge on any atom is -0.439 e. The largest absolute Gasteiger partial charge is 0.439 e. The van der Waals surface area contributed by atoms with Crippen molar-refractivity contribution in [3.05, 3.63) is 30.4 Å². The zero-order valence-electron chi connectivity index (χ0n) is 11.6. The van der Waals surface area contributed by atoms with Gasteiger partial charge in [0.25, 0.3) is 0 Å². The highest BCUT2D eigenvalue weighted by Crippen LogP contribution is 2.25. The molecule has 0 saturated heterocycles. The molecule has 2 aromatic heterocycles. The van der Waals surface area contributed by atoms with E-state index in [1.807, 2.05) is 26.0 Å². The predicted molar refractivity (Wildman–Crippen MR) is 72.2 cm³/mol. The van der Waals surface area contributed by atoms with Gasteiger partial charge in [-0.3, -0.25) is 0 Å². The molecule has 0 aliphatic carbocycles. The molecule has 0 N–H and O–H groups in total. The Hall–Kier alpha value is -1.71. The van der Waals surface area contributed by atoms with Gasteiger partial charge in [-0.25, -0.2) is 4.98 Å². The van der Waals surface area contributed by atoms with Gasteiger partial charge >= 0.3 is 0 Å². The van der Waals surface area contributed by atoms with Crippen LogP contribution in [0.2, 0.25) is 0 Å². The molecule has 0 fully saturated rings. The maximum absolute atomic E-state index is 5.70. The number of oxazole rings is 1. The number of hydrogen-bond acceptors (Lipinski definition) is 4. The maximum Gasteiger partial charge on any atom is 0.198 e. The average molecular weight is 247 g/mol. The first-order chi connectivity index (χ1) is 8.85. The highest BCUT2D eigenvalue weighted by molar-refractivity contribution is 5.49. The minimum atomic E-state index is 0.394. The molecule has 0 atom stereocenters. The van der Waals surface area contributed by atoms with Gasteiger partial charge in [0, 0.05) is 12.1 Å². The van der Waals surface area contributed by atoms with Crippen LogP contribution in [0.1, 0.15) is 52.3 Å². The quantitative estimate of drug-likeness (QED) is 0.817. The highest BCUT2D eigenvalue weighted by Gasteiger charge is 2.14. The summed E-state index contributed by atoms with van der Waals surface area (Å²) in [6.45, 7) is 8.28. The molecule has 0 radical (unpaired) electrons. The topological polar surface area (TPSA) is 51.8 Å². The van der Waals surface area contributed by atoms with Crippen molar-refractivity contribution in [2.75, 3.05) is 0 Å². The maximum atomic E-state index is 5.70. The van der Waals surface area contributed by atoms with Gasteiger partial charge in [0.05, 0.1) is 6.20 Å². The summed E-state index contributed by atoms with van der Waals surface area (Å²) in [6.07, 6.45) is 5.44. The molecule has 0 bridgehead atoms. The monoisotopic (exact) mass is 247 g/mol. The van der Waals surface area contributed by atoms with E-state index in [-0.39, 0.29) is 0 Å². The Morgan fingerprint density at radius 2 is 1.94 bits per heavy atom. The third-order valence-electron chi connectivity index (χ3n) is 2.68. The average Bonchev–Trinajstić information content (AvgIpc) is 2.93. The second kappa shape index (κ2) is 7.58. The standard InChI is InChI=1S/C12H15N3O.C2H6/c1-3-9(4-2)12-13-8-11(16-12)10-6-5-7-14-15-10;1-2/h5-9H,3-4H2,1-2H3;1-2H3. The van der Waals surface area contributed by atoms with Gasteiger partial charge in [-0.2, -0.15) is 5.10 Å². The summed E-state index contributed by atoms with van der Waals surface area (Å²) < 4.78 is 5.70. The van der Waals surface area contributed by atoms with E-state index in [2.05, 4.69) is 29.0 Å². The summed E-state index contributed by atoms with van der Waals surface area (Å²) in [5.74, 6) is 1.88. The van der Waals surface area contributed by atoms with Gasteiger partial charge in [-0.15, -0.1) is 5.10 Å². The molecule has 0 aromatic carbocycles. The Morgan fingerprint density at radius 3 is 2.50 bits per heavy atom. The molecule has 0 spiro atoms. The SMILES string of the molecule is CC.CCC(CC)c1ncc(-c2cccnn2)o1. The van der Waals surface area contributed by atoms with Crippen LogP contribution in [0.3, 0.4) is 0 Å². The first kappa shape index (κ1) is 14.4. The molecule has 18 heavy (non-hydrogen) atoms. The van der Waals surface area contributed by atoms with Crippen LogP contribution in [0.15, 0.2) is 28.9 Å². The van der Waals surface area contributed by atoms with Crippen molar-refractivity contribution in [1.29, 1.82) is 0 Å². The molecule has 2 rings (SSSR count). The first-order valence-electron chi connectivity index (χ1n) is 6.59. The van der Waals surface area contributed by atoms with Gasteiger partial charge in [0.2, 0.25) is 0 Å². The van der Waals surface area contributed by atoms with Crippen molar-refractivity contribution >= 4 is 0 Å². The Balaban J connectivity index is 0.000000771. The van der Waals surface area contributed by atoms with Crippen molar-refractivity contribution in [3.8, 4) is 11.5 Å². The fourth-order valence-electron chi connectivity index (χ4n) is 1.67. The third-order valence-corrected chi connectivity index (χ3v) is 2.68. The van der Waals surface area contributed by atoms with Crippen LogP contribution in [0.25, 0.3) is 11.5 Å². The van der Waals surface area contributed by atoms with E-state index in [1.165, 1.54) is 0 Å². The van der Waals surface area contributed by atoms with Gasteiger partial charge in [0.15, 0.2) is 11.7 Å². The Morgan fingerprint density at radius 1 is 1.22 bits per heavy atom. The summed E-state index contributed by atoms with van der Waals surface area (Å²) in [5, 5.41) is 7.81. The summed E-state index contributed by atoms with van der Waals surface area (Å²) in [7, 11) is 0. The lowest BCUT2D eigenvalue weighted by Gasteiger charge is -2.05. The summed E-state index contributed by atoms with van der Waals surface area (Å²) in [4.78, 5) is 4.30. The lowest BCUT2D eigenvalue weighted by atomic mass is 10.0. The first-order valence-corrected chi connectivity index (χ1v) is 6.59. The van der Waals surface area contributed by atoms with E-state index in [0.717, 1.165) is 24.4 Å². The molecule has 0 aliphatic heterocycles. The van der Waals surface area contributed by atoms with Crippen molar-refractivity contribution < 1.29 is 4.42 Å². The van der Waals surface area contributed by atoms with Gasteiger partial charge < -0.3 is 4.42 Å². The second-order valence-corrected chi connectivity index (χ2v) is 3.69. The molecule has 0 unspecified atom stereocenters. The molecule has 0 aliphatic rings. The van der Waals surface area contributed by atoms with E-state index < -0.39 is 0 Å². The summed E-state index contributed by atoms with van der Waals surface area (Å²) in [6, 6.07) is 3.70. The Labute approximate surface area is 108 Å². The van der Waals surface area contributed by atoms with Gasteiger partial charge in [-0.1, -0.05) is 27.7 Å². The predicted octanol–water partition coefficient (Wildman–Crippen LogP) is 4.06. The van der Waals surface area contributed by atoms with Crippen molar-refractivity contribution in [2.24, 2.45) is 0 Å². The molecule has 0 saturated carbocycles. The zero-order chi connectivity index (χ0) is 13.4. The second-order valence-electron chi connectivity index (χ2n) is 3.69. The number of nitrogens with zero attached hydrogens (tertiary/aromatic N) is 3. The van der Waals surface area contributed by atoms with Gasteiger partial charge in [-0.05, 0) is 25.0 Å². The fourth-order valence-corrected chi connectivity index (χ4v) is 1.67. The van der Waals surface area contributed by atoms with E-state index in [1.54, 1.807) is 12.4 Å². The highest BCUT2D eigenvalue weighted by atomic mass is 16.4. The Kier molecular flexibility index (Phi) is 6.05. The van der Waals surface area contributed by atoms with Crippen molar-refractivity contribution in [2.45, 2.75) is 46.5 Å². The van der Waals surface area contributed by atoms with E-state index in [0.29, 0.717) is 11.7 Å². The van der Waals surface area contributed by atoms with Crippen LogP contribution in [-0.2, 0) is 0 Å². The summed E-state index contributed by atoms with van der Waals surface area (Å²) in [5.41, 5.74) is 0.729. The van der Waals surface area contributed by atoms with E-state index in [4.69, 9.17) is 4.42 Å². The van der Waals surface area contributed by atoms with E-state index >= 15 is 0 Å². The molecule has 4 heteroatoms. The molecular formula is C14H21N3O. The van der Waals surface area contributed by atoms with Crippen LogP contribution in [-0.4, -0.2) is 15.2 Å². The van der Waals surface area contributed by atoms with Crippen LogP contribution < -0.4 is 0 Å². The van der Waals surface area contributed by atoms with Crippen LogP contribution in [0.5, 0.6) is 0 Å². The smallest absolute Gasteiger partial charge is 0.198 e. The normalized spacial score (nSPS) is 10.1. The van der Waals surface area contributed by atoms with Crippen LogP contribution in [0.4, 0.5) is 0 Å². The minimum absolute atomic E-state index is 0.394. The molecule has 2 heterocycles. The van der Waals surface area contributed by atoms with Gasteiger partial charge in [0.1, 0.15) is 5.69 Å². The molecule has 4 nitrogen and oxygen atoms in total. The Bertz CT molecular complexity index is 435. The van der Waals surface area contributed by atoms with Crippen LogP contribution >= 0.6 is 0 Å². The van der Waals surface area contributed by atoms with Crippen LogP contribution in [0, 0.1) is 0 Å². The molecule has 0 amide bonds. The lowest BCUT2D eigenvalue weighted by Crippen LogP contribution is -1.94. The number of rotatable bonds is 4. The number of hydrogen-bond donors (Lipinski definition) is 0. The zero-order valence-corrected chi connectivity index (χ0v) is 11.6. The molecule has 98 valence electrons. The van der Waals surface area contributed by atoms with Crippen molar-refractivity contribution in [3.63, 3.8) is 0 Å².